The number of aromatic nitrogens is 1. The van der Waals surface area contributed by atoms with Crippen molar-refractivity contribution in [2.45, 2.75) is 6.43 Å². The SMILES string of the molecule is C#Cc1cccc(-c2nc(C(N)=O)ccc2C(F)F)c1. The maximum absolute atomic E-state index is 13.0. The van der Waals surface area contributed by atoms with Gasteiger partial charge in [-0.05, 0) is 24.3 Å². The minimum atomic E-state index is -2.71. The van der Waals surface area contributed by atoms with Crippen molar-refractivity contribution in [3.8, 4) is 23.6 Å². The molecule has 0 spiro atoms. The van der Waals surface area contributed by atoms with Crippen molar-refractivity contribution in [1.82, 2.24) is 4.98 Å². The van der Waals surface area contributed by atoms with E-state index in [-0.39, 0.29) is 17.0 Å². The fourth-order valence-electron chi connectivity index (χ4n) is 1.77. The molecule has 0 radical (unpaired) electrons. The highest BCUT2D eigenvalue weighted by Gasteiger charge is 2.17. The molecule has 1 amide bonds. The summed E-state index contributed by atoms with van der Waals surface area (Å²) in [5, 5.41) is 0. The van der Waals surface area contributed by atoms with Crippen LogP contribution in [0.1, 0.15) is 28.0 Å². The summed E-state index contributed by atoms with van der Waals surface area (Å²) in [5.74, 6) is 1.64. The minimum absolute atomic E-state index is 0.00778. The molecule has 20 heavy (non-hydrogen) atoms. The van der Waals surface area contributed by atoms with Crippen molar-refractivity contribution in [1.29, 1.82) is 0 Å². The Morgan fingerprint density at radius 3 is 2.65 bits per heavy atom. The van der Waals surface area contributed by atoms with Gasteiger partial charge in [0.25, 0.3) is 12.3 Å². The van der Waals surface area contributed by atoms with Crippen LogP contribution in [-0.4, -0.2) is 10.9 Å². The molecule has 0 atom stereocenters. The van der Waals surface area contributed by atoms with Crippen LogP contribution in [-0.2, 0) is 0 Å². The van der Waals surface area contributed by atoms with Gasteiger partial charge < -0.3 is 5.73 Å². The molecule has 2 aromatic rings. The average molecular weight is 272 g/mol. The Bertz CT molecular complexity index is 705. The first-order valence-electron chi connectivity index (χ1n) is 5.69. The Hall–Kier alpha value is -2.74. The van der Waals surface area contributed by atoms with Crippen molar-refractivity contribution in [2.75, 3.05) is 0 Å². The lowest BCUT2D eigenvalue weighted by molar-refractivity contribution is 0.0995. The Balaban J connectivity index is 2.66. The van der Waals surface area contributed by atoms with Crippen LogP contribution in [0.25, 0.3) is 11.3 Å². The van der Waals surface area contributed by atoms with E-state index >= 15 is 0 Å². The number of amides is 1. The molecule has 0 saturated heterocycles. The summed E-state index contributed by atoms with van der Waals surface area (Å²) in [6, 6.07) is 8.79. The normalized spacial score (nSPS) is 10.3. The van der Waals surface area contributed by atoms with Crippen LogP contribution in [0, 0.1) is 12.3 Å². The maximum Gasteiger partial charge on any atom is 0.267 e. The molecule has 5 heteroatoms. The smallest absolute Gasteiger partial charge is 0.267 e. The number of halogens is 2. The number of carbonyl (C=O) groups is 1. The molecule has 2 N–H and O–H groups in total. The van der Waals surface area contributed by atoms with E-state index in [1.807, 2.05) is 0 Å². The summed E-state index contributed by atoms with van der Waals surface area (Å²) in [4.78, 5) is 15.0. The average Bonchev–Trinajstić information content (AvgIpc) is 2.46. The molecule has 100 valence electrons. The van der Waals surface area contributed by atoms with Gasteiger partial charge in [-0.2, -0.15) is 0 Å². The molecule has 0 aliphatic rings. The Morgan fingerprint density at radius 1 is 1.30 bits per heavy atom. The molecule has 0 fully saturated rings. The third kappa shape index (κ3) is 2.64. The summed E-state index contributed by atoms with van der Waals surface area (Å²) in [6.45, 7) is 0. The summed E-state index contributed by atoms with van der Waals surface area (Å²) in [7, 11) is 0. The second-order valence-corrected chi connectivity index (χ2v) is 4.02. The van der Waals surface area contributed by atoms with Gasteiger partial charge in [-0.15, -0.1) is 6.42 Å². The van der Waals surface area contributed by atoms with Crippen molar-refractivity contribution in [3.63, 3.8) is 0 Å². The first-order chi connectivity index (χ1) is 9.52. The summed E-state index contributed by atoms with van der Waals surface area (Å²) in [6.07, 6.45) is 2.57. The molecule has 0 unspecified atom stereocenters. The zero-order valence-corrected chi connectivity index (χ0v) is 10.3. The molecule has 1 aromatic carbocycles. The standard InChI is InChI=1S/C15H10F2N2O/c1-2-9-4-3-5-10(8-9)13-11(14(16)17)6-7-12(19-13)15(18)20/h1,3-8,14H,(H2,18,20). The third-order valence-electron chi connectivity index (χ3n) is 2.72. The van der Waals surface area contributed by atoms with Gasteiger partial charge >= 0.3 is 0 Å². The van der Waals surface area contributed by atoms with E-state index in [2.05, 4.69) is 10.9 Å². The number of terminal acetylenes is 1. The molecule has 1 aromatic heterocycles. The van der Waals surface area contributed by atoms with Crippen LogP contribution in [0.5, 0.6) is 0 Å². The molecule has 0 saturated carbocycles. The van der Waals surface area contributed by atoms with Crippen LogP contribution in [0.4, 0.5) is 8.78 Å². The molecule has 0 bridgehead atoms. The van der Waals surface area contributed by atoms with Crippen molar-refractivity contribution >= 4 is 5.91 Å². The number of benzene rings is 1. The van der Waals surface area contributed by atoms with E-state index in [1.165, 1.54) is 6.07 Å². The first-order valence-corrected chi connectivity index (χ1v) is 5.69. The van der Waals surface area contributed by atoms with Crippen molar-refractivity contribution in [3.05, 3.63) is 53.2 Å². The number of rotatable bonds is 3. The van der Waals surface area contributed by atoms with Gasteiger partial charge in [0.1, 0.15) is 5.69 Å². The van der Waals surface area contributed by atoms with Crippen molar-refractivity contribution in [2.24, 2.45) is 5.73 Å². The summed E-state index contributed by atoms with van der Waals surface area (Å²) >= 11 is 0. The third-order valence-corrected chi connectivity index (χ3v) is 2.72. The van der Waals surface area contributed by atoms with Gasteiger partial charge in [-0.25, -0.2) is 13.8 Å². The number of nitrogens with zero attached hydrogens (tertiary/aromatic N) is 1. The van der Waals surface area contributed by atoms with E-state index < -0.39 is 12.3 Å². The number of hydrogen-bond donors (Lipinski definition) is 1. The topological polar surface area (TPSA) is 56.0 Å². The first kappa shape index (κ1) is 13.7. The molecular weight excluding hydrogens is 262 g/mol. The second kappa shape index (κ2) is 5.49. The molecule has 2 rings (SSSR count). The number of primary amides is 1. The lowest BCUT2D eigenvalue weighted by Gasteiger charge is -2.09. The molecule has 0 aliphatic carbocycles. The van der Waals surface area contributed by atoms with Crippen LogP contribution in [0.2, 0.25) is 0 Å². The number of pyridine rings is 1. The van der Waals surface area contributed by atoms with E-state index in [1.54, 1.807) is 24.3 Å². The monoisotopic (exact) mass is 272 g/mol. The number of hydrogen-bond acceptors (Lipinski definition) is 2. The van der Waals surface area contributed by atoms with Gasteiger partial charge in [0.2, 0.25) is 0 Å². The van der Waals surface area contributed by atoms with Crippen LogP contribution < -0.4 is 5.73 Å². The number of carbonyl (C=O) groups excluding carboxylic acids is 1. The Kier molecular flexibility index (Phi) is 3.76. The molecule has 0 aliphatic heterocycles. The predicted octanol–water partition coefficient (Wildman–Crippen LogP) is 2.77. The van der Waals surface area contributed by atoms with Crippen LogP contribution >= 0.6 is 0 Å². The van der Waals surface area contributed by atoms with E-state index in [0.29, 0.717) is 11.1 Å². The number of nitrogens with two attached hydrogens (primary N) is 1. The van der Waals surface area contributed by atoms with Gasteiger partial charge in [-0.1, -0.05) is 18.1 Å². The highest BCUT2D eigenvalue weighted by Crippen LogP contribution is 2.30. The van der Waals surface area contributed by atoms with E-state index in [0.717, 1.165) is 6.07 Å². The number of alkyl halides is 2. The van der Waals surface area contributed by atoms with Gasteiger partial charge in [-0.3, -0.25) is 4.79 Å². The Morgan fingerprint density at radius 2 is 2.05 bits per heavy atom. The van der Waals surface area contributed by atoms with Gasteiger partial charge in [0.05, 0.1) is 5.69 Å². The maximum atomic E-state index is 13.0. The van der Waals surface area contributed by atoms with E-state index in [9.17, 15) is 13.6 Å². The minimum Gasteiger partial charge on any atom is -0.364 e. The highest BCUT2D eigenvalue weighted by molar-refractivity contribution is 5.91. The largest absolute Gasteiger partial charge is 0.364 e. The quantitative estimate of drug-likeness (QED) is 0.873. The lowest BCUT2D eigenvalue weighted by Crippen LogP contribution is -2.14. The van der Waals surface area contributed by atoms with Gasteiger partial charge in [0, 0.05) is 16.7 Å². The van der Waals surface area contributed by atoms with E-state index in [4.69, 9.17) is 12.2 Å². The van der Waals surface area contributed by atoms with Gasteiger partial charge in [0.15, 0.2) is 0 Å². The fraction of sp³-hybridized carbons (Fsp3) is 0.0667. The second-order valence-electron chi connectivity index (χ2n) is 4.02. The summed E-state index contributed by atoms with van der Waals surface area (Å²) < 4.78 is 26.1. The Labute approximate surface area is 114 Å². The molecule has 3 nitrogen and oxygen atoms in total. The molecular formula is C15H10F2N2O. The molecule has 1 heterocycles. The zero-order chi connectivity index (χ0) is 14.7. The van der Waals surface area contributed by atoms with Crippen LogP contribution in [0.3, 0.4) is 0 Å². The lowest BCUT2D eigenvalue weighted by atomic mass is 10.0. The predicted molar refractivity (Wildman–Crippen MR) is 71.1 cm³/mol. The summed E-state index contributed by atoms with van der Waals surface area (Å²) in [5.41, 5.74) is 5.73. The fourth-order valence-corrected chi connectivity index (χ4v) is 1.77. The van der Waals surface area contributed by atoms with Crippen molar-refractivity contribution < 1.29 is 13.6 Å². The highest BCUT2D eigenvalue weighted by atomic mass is 19.3. The zero-order valence-electron chi connectivity index (χ0n) is 10.3. The van der Waals surface area contributed by atoms with Crippen LogP contribution in [0.15, 0.2) is 36.4 Å².